The number of hydrogen-bond donors (Lipinski definition) is 0. The van der Waals surface area contributed by atoms with Crippen LogP contribution in [0.15, 0.2) is 51.6 Å². The molecule has 166 valence electrons. The van der Waals surface area contributed by atoms with Crippen LogP contribution in [0, 0.1) is 6.92 Å². The van der Waals surface area contributed by atoms with Gasteiger partial charge in [-0.2, -0.15) is 0 Å². The maximum Gasteiger partial charge on any atom is 0.275 e. The van der Waals surface area contributed by atoms with E-state index in [9.17, 15) is 9.59 Å². The highest BCUT2D eigenvalue weighted by Crippen LogP contribution is 2.53. The van der Waals surface area contributed by atoms with E-state index in [1.165, 1.54) is 11.2 Å². The maximum atomic E-state index is 14.0. The van der Waals surface area contributed by atoms with Gasteiger partial charge in [-0.15, -0.1) is 0 Å². The molecule has 0 saturated carbocycles. The topological polar surface area (TPSA) is 102 Å². The number of amides is 2. The van der Waals surface area contributed by atoms with E-state index in [1.807, 2.05) is 37.3 Å². The zero-order valence-electron chi connectivity index (χ0n) is 18.3. The van der Waals surface area contributed by atoms with Crippen molar-refractivity contribution in [1.82, 2.24) is 15.0 Å². The van der Waals surface area contributed by atoms with Crippen molar-refractivity contribution in [3.05, 3.63) is 71.1 Å². The van der Waals surface area contributed by atoms with Gasteiger partial charge in [0, 0.05) is 36.8 Å². The summed E-state index contributed by atoms with van der Waals surface area (Å²) in [5.41, 5.74) is 3.00. The van der Waals surface area contributed by atoms with Gasteiger partial charge in [0.15, 0.2) is 11.3 Å². The van der Waals surface area contributed by atoms with Crippen molar-refractivity contribution in [3.63, 3.8) is 0 Å². The Morgan fingerprint density at radius 2 is 2.03 bits per heavy atom. The van der Waals surface area contributed by atoms with Gasteiger partial charge in [0.1, 0.15) is 30.6 Å². The highest BCUT2D eigenvalue weighted by Gasteiger charge is 2.57. The number of anilines is 1. The van der Waals surface area contributed by atoms with Gasteiger partial charge < -0.3 is 23.5 Å². The zero-order valence-corrected chi connectivity index (χ0v) is 18.3. The van der Waals surface area contributed by atoms with Crippen LogP contribution in [0.3, 0.4) is 0 Å². The van der Waals surface area contributed by atoms with Crippen molar-refractivity contribution in [3.8, 4) is 5.75 Å². The lowest BCUT2D eigenvalue weighted by Crippen LogP contribution is -2.42. The standard InChI is InChI=1S/C24H20N4O5/c1-13-14-8-16-20(9-19(14)33-26-13)32-12-24(16)15-6-4-5-7-18(15)28(23(24)30)10-21-25-17(11-31-21)22(29)27(2)3/h4-9,11H,10,12H2,1-3H3. The van der Waals surface area contributed by atoms with E-state index in [0.29, 0.717) is 11.3 Å². The Morgan fingerprint density at radius 3 is 2.85 bits per heavy atom. The second-order valence-corrected chi connectivity index (χ2v) is 8.54. The second-order valence-electron chi connectivity index (χ2n) is 8.54. The maximum absolute atomic E-state index is 14.0. The van der Waals surface area contributed by atoms with Crippen molar-refractivity contribution in [2.45, 2.75) is 18.9 Å². The highest BCUT2D eigenvalue weighted by molar-refractivity contribution is 6.12. The lowest BCUT2D eigenvalue weighted by Gasteiger charge is -2.22. The Hall–Kier alpha value is -4.14. The number of fused-ring (bicyclic) bond motifs is 5. The molecule has 0 fully saturated rings. The van der Waals surface area contributed by atoms with Crippen LogP contribution in [-0.4, -0.2) is 47.6 Å². The molecule has 9 nitrogen and oxygen atoms in total. The number of benzene rings is 2. The van der Waals surface area contributed by atoms with E-state index < -0.39 is 5.41 Å². The van der Waals surface area contributed by atoms with E-state index >= 15 is 0 Å². The molecule has 4 aromatic rings. The number of ether oxygens (including phenoxy) is 1. The molecule has 1 unspecified atom stereocenters. The van der Waals surface area contributed by atoms with Gasteiger partial charge in [0.2, 0.25) is 11.8 Å². The fraction of sp³-hybridized carbons (Fsp3) is 0.250. The lowest BCUT2D eigenvalue weighted by molar-refractivity contribution is -0.122. The van der Waals surface area contributed by atoms with Gasteiger partial charge in [-0.1, -0.05) is 23.4 Å². The normalized spacial score (nSPS) is 18.6. The molecule has 4 heterocycles. The molecule has 1 atom stereocenters. The van der Waals surface area contributed by atoms with Crippen LogP contribution in [0.2, 0.25) is 0 Å². The Balaban J connectivity index is 1.45. The molecule has 0 radical (unpaired) electrons. The van der Waals surface area contributed by atoms with Gasteiger partial charge in [-0.05, 0) is 24.6 Å². The summed E-state index contributed by atoms with van der Waals surface area (Å²) in [7, 11) is 3.29. The highest BCUT2D eigenvalue weighted by atomic mass is 16.5. The van der Waals surface area contributed by atoms with Crippen LogP contribution in [0.25, 0.3) is 11.0 Å². The number of nitrogens with zero attached hydrogens (tertiary/aromatic N) is 4. The van der Waals surface area contributed by atoms with Gasteiger partial charge >= 0.3 is 0 Å². The first kappa shape index (κ1) is 19.5. The summed E-state index contributed by atoms with van der Waals surface area (Å²) in [5, 5.41) is 4.89. The van der Waals surface area contributed by atoms with Crippen molar-refractivity contribution >= 4 is 28.5 Å². The lowest BCUT2D eigenvalue weighted by atomic mass is 9.77. The Bertz CT molecular complexity index is 1450. The first-order valence-corrected chi connectivity index (χ1v) is 10.5. The summed E-state index contributed by atoms with van der Waals surface area (Å²) in [5.74, 6) is 0.499. The van der Waals surface area contributed by atoms with E-state index in [-0.39, 0.29) is 36.6 Å². The van der Waals surface area contributed by atoms with Crippen molar-refractivity contribution in [2.75, 3.05) is 25.6 Å². The third kappa shape index (κ3) is 2.59. The summed E-state index contributed by atoms with van der Waals surface area (Å²) in [6, 6.07) is 11.4. The SMILES string of the molecule is Cc1noc2cc3c(cc12)C1(CO3)C(=O)N(Cc2nc(C(=O)N(C)C)co2)c2ccccc21. The second kappa shape index (κ2) is 6.68. The van der Waals surface area contributed by atoms with Gasteiger partial charge in [-0.25, -0.2) is 4.98 Å². The fourth-order valence-electron chi connectivity index (χ4n) is 4.73. The van der Waals surface area contributed by atoms with Crippen molar-refractivity contribution in [2.24, 2.45) is 0 Å². The minimum Gasteiger partial charge on any atom is -0.491 e. The molecule has 0 bridgehead atoms. The summed E-state index contributed by atoms with van der Waals surface area (Å²) >= 11 is 0. The van der Waals surface area contributed by atoms with Crippen LogP contribution in [0.5, 0.6) is 5.75 Å². The summed E-state index contributed by atoms with van der Waals surface area (Å²) < 4.78 is 16.9. The quantitative estimate of drug-likeness (QED) is 0.479. The predicted octanol–water partition coefficient (Wildman–Crippen LogP) is 3.05. The number of aromatic nitrogens is 2. The number of para-hydroxylation sites is 1. The van der Waals surface area contributed by atoms with Crippen LogP contribution < -0.4 is 9.64 Å². The van der Waals surface area contributed by atoms with Crippen molar-refractivity contribution < 1.29 is 23.3 Å². The van der Waals surface area contributed by atoms with E-state index in [0.717, 1.165) is 27.9 Å². The molecular weight excluding hydrogens is 424 g/mol. The van der Waals surface area contributed by atoms with Crippen LogP contribution in [0.1, 0.15) is 33.2 Å². The first-order chi connectivity index (χ1) is 15.9. The molecule has 2 aromatic heterocycles. The third-order valence-corrected chi connectivity index (χ3v) is 6.39. The molecule has 6 rings (SSSR count). The predicted molar refractivity (Wildman–Crippen MR) is 117 cm³/mol. The minimum atomic E-state index is -0.987. The van der Waals surface area contributed by atoms with Crippen LogP contribution in [0.4, 0.5) is 5.69 Å². The molecule has 1 spiro atoms. The molecule has 0 saturated heterocycles. The molecule has 33 heavy (non-hydrogen) atoms. The monoisotopic (exact) mass is 444 g/mol. The first-order valence-electron chi connectivity index (χ1n) is 10.5. The van der Waals surface area contributed by atoms with E-state index in [4.69, 9.17) is 13.7 Å². The molecular formula is C24H20N4O5. The van der Waals surface area contributed by atoms with E-state index in [2.05, 4.69) is 10.1 Å². The average molecular weight is 444 g/mol. The molecule has 2 aromatic carbocycles. The third-order valence-electron chi connectivity index (χ3n) is 6.39. The van der Waals surface area contributed by atoms with Gasteiger partial charge in [0.25, 0.3) is 5.91 Å². The Labute approximate surface area is 188 Å². The molecule has 0 aliphatic carbocycles. The van der Waals surface area contributed by atoms with Crippen LogP contribution in [-0.2, 0) is 16.8 Å². The van der Waals surface area contributed by atoms with Gasteiger partial charge in [-0.3, -0.25) is 9.59 Å². The summed E-state index contributed by atoms with van der Waals surface area (Å²) in [6.45, 7) is 2.15. The molecule has 2 aliphatic heterocycles. The number of carbonyl (C=O) groups excluding carboxylic acids is 2. The Kier molecular flexibility index (Phi) is 3.95. The van der Waals surface area contributed by atoms with Crippen molar-refractivity contribution in [1.29, 1.82) is 0 Å². The molecule has 2 amide bonds. The van der Waals surface area contributed by atoms with Crippen LogP contribution >= 0.6 is 0 Å². The average Bonchev–Trinajstić information content (AvgIpc) is 3.57. The number of hydrogen-bond acceptors (Lipinski definition) is 7. The van der Waals surface area contributed by atoms with E-state index in [1.54, 1.807) is 25.1 Å². The van der Waals surface area contributed by atoms with Gasteiger partial charge in [0.05, 0.1) is 5.69 Å². The zero-order chi connectivity index (χ0) is 22.9. The number of carbonyl (C=O) groups is 2. The molecule has 2 aliphatic rings. The number of oxazole rings is 1. The number of rotatable bonds is 3. The molecule has 0 N–H and O–H groups in total. The largest absolute Gasteiger partial charge is 0.491 e. The summed E-state index contributed by atoms with van der Waals surface area (Å²) in [4.78, 5) is 33.6. The summed E-state index contributed by atoms with van der Waals surface area (Å²) in [6.07, 6.45) is 1.32. The smallest absolute Gasteiger partial charge is 0.275 e. The minimum absolute atomic E-state index is 0.0994. The Morgan fingerprint density at radius 1 is 1.21 bits per heavy atom. The number of aryl methyl sites for hydroxylation is 1. The molecule has 9 heteroatoms. The fourth-order valence-corrected chi connectivity index (χ4v) is 4.73.